The SMILES string of the molecule is Cc1ccc(S(=O)(=O)N2CCC(N3CCN(Cc4ccccc4)C(=O)C3=O)CC2)c(C)c1. The molecule has 2 aromatic rings. The zero-order valence-electron chi connectivity index (χ0n) is 18.5. The van der Waals surface area contributed by atoms with Gasteiger partial charge in [0.2, 0.25) is 10.0 Å². The van der Waals surface area contributed by atoms with Crippen LogP contribution in [-0.4, -0.2) is 66.6 Å². The molecule has 0 radical (unpaired) electrons. The van der Waals surface area contributed by atoms with Gasteiger partial charge in [0.25, 0.3) is 0 Å². The van der Waals surface area contributed by atoms with E-state index < -0.39 is 21.8 Å². The molecule has 0 saturated carbocycles. The molecule has 2 aliphatic rings. The van der Waals surface area contributed by atoms with Crippen LogP contribution < -0.4 is 0 Å². The molecule has 2 aromatic carbocycles. The van der Waals surface area contributed by atoms with Gasteiger partial charge in [-0.2, -0.15) is 4.31 Å². The fourth-order valence-corrected chi connectivity index (χ4v) is 6.29. The molecule has 0 unspecified atom stereocenters. The van der Waals surface area contributed by atoms with E-state index >= 15 is 0 Å². The molecule has 0 aliphatic carbocycles. The molecule has 2 aliphatic heterocycles. The number of sulfonamides is 1. The molecule has 2 amide bonds. The normalized spacial score (nSPS) is 18.9. The first-order chi connectivity index (χ1) is 15.3. The van der Waals surface area contributed by atoms with E-state index in [4.69, 9.17) is 0 Å². The molecular weight excluding hydrogens is 426 g/mol. The van der Waals surface area contributed by atoms with Crippen LogP contribution in [0.3, 0.4) is 0 Å². The third-order valence-electron chi connectivity index (χ3n) is 6.37. The largest absolute Gasteiger partial charge is 0.330 e. The standard InChI is InChI=1S/C24H29N3O4S/c1-18-8-9-22(19(2)16-18)32(30,31)26-12-10-21(11-13-26)27-15-14-25(23(28)24(27)29)17-20-6-4-3-5-7-20/h3-9,16,21H,10-15,17H2,1-2H3. The minimum absolute atomic E-state index is 0.115. The summed E-state index contributed by atoms with van der Waals surface area (Å²) < 4.78 is 27.7. The Labute approximate surface area is 189 Å². The zero-order valence-corrected chi connectivity index (χ0v) is 19.3. The van der Waals surface area contributed by atoms with Crippen molar-refractivity contribution in [3.05, 3.63) is 65.2 Å². The first kappa shape index (κ1) is 22.5. The van der Waals surface area contributed by atoms with Crippen LogP contribution in [0.25, 0.3) is 0 Å². The number of hydrogen-bond acceptors (Lipinski definition) is 4. The molecule has 2 heterocycles. The Morgan fingerprint density at radius 2 is 1.56 bits per heavy atom. The summed E-state index contributed by atoms with van der Waals surface area (Å²) >= 11 is 0. The van der Waals surface area contributed by atoms with Crippen LogP contribution in [0.4, 0.5) is 0 Å². The Morgan fingerprint density at radius 3 is 2.22 bits per heavy atom. The summed E-state index contributed by atoms with van der Waals surface area (Å²) in [5.74, 6) is -0.965. The Morgan fingerprint density at radius 1 is 0.875 bits per heavy atom. The highest BCUT2D eigenvalue weighted by molar-refractivity contribution is 7.89. The second-order valence-corrected chi connectivity index (χ2v) is 10.5. The van der Waals surface area contributed by atoms with Gasteiger partial charge in [-0.1, -0.05) is 48.0 Å². The molecule has 170 valence electrons. The van der Waals surface area contributed by atoms with Crippen LogP contribution in [0, 0.1) is 13.8 Å². The topological polar surface area (TPSA) is 78.0 Å². The van der Waals surface area contributed by atoms with Gasteiger partial charge in [0, 0.05) is 38.8 Å². The van der Waals surface area contributed by atoms with E-state index in [9.17, 15) is 18.0 Å². The number of piperazine rings is 1. The lowest BCUT2D eigenvalue weighted by Crippen LogP contribution is -2.58. The second kappa shape index (κ2) is 9.03. The lowest BCUT2D eigenvalue weighted by Gasteiger charge is -2.41. The van der Waals surface area contributed by atoms with Crippen LogP contribution >= 0.6 is 0 Å². The highest BCUT2D eigenvalue weighted by Crippen LogP contribution is 2.26. The average molecular weight is 456 g/mol. The minimum atomic E-state index is -3.58. The fraction of sp³-hybridized carbons (Fsp3) is 0.417. The summed E-state index contributed by atoms with van der Waals surface area (Å²) in [5, 5.41) is 0. The fourth-order valence-electron chi connectivity index (χ4n) is 4.61. The van der Waals surface area contributed by atoms with Gasteiger partial charge in [-0.15, -0.1) is 0 Å². The van der Waals surface area contributed by atoms with E-state index in [1.165, 1.54) is 4.31 Å². The van der Waals surface area contributed by atoms with E-state index in [2.05, 4.69) is 0 Å². The number of nitrogens with zero attached hydrogens (tertiary/aromatic N) is 3. The maximum absolute atomic E-state index is 13.1. The number of carbonyl (C=O) groups is 2. The smallest absolute Gasteiger partial charge is 0.312 e. The number of aryl methyl sites for hydroxylation is 2. The van der Waals surface area contributed by atoms with Crippen LogP contribution in [0.15, 0.2) is 53.4 Å². The van der Waals surface area contributed by atoms with E-state index in [1.54, 1.807) is 15.9 Å². The van der Waals surface area contributed by atoms with Gasteiger partial charge < -0.3 is 9.80 Å². The van der Waals surface area contributed by atoms with Crippen LogP contribution in [0.2, 0.25) is 0 Å². The monoisotopic (exact) mass is 455 g/mol. The highest BCUT2D eigenvalue weighted by Gasteiger charge is 2.39. The van der Waals surface area contributed by atoms with Crippen molar-refractivity contribution < 1.29 is 18.0 Å². The van der Waals surface area contributed by atoms with Crippen molar-refractivity contribution in [3.8, 4) is 0 Å². The van der Waals surface area contributed by atoms with Gasteiger partial charge in [0.1, 0.15) is 0 Å². The molecule has 8 heteroatoms. The first-order valence-corrected chi connectivity index (χ1v) is 12.4. The minimum Gasteiger partial charge on any atom is -0.330 e. The van der Waals surface area contributed by atoms with Gasteiger partial charge in [-0.05, 0) is 43.9 Å². The summed E-state index contributed by atoms with van der Waals surface area (Å²) in [6.45, 7) is 5.81. The maximum Gasteiger partial charge on any atom is 0.312 e. The number of benzene rings is 2. The van der Waals surface area contributed by atoms with Crippen LogP contribution in [0.5, 0.6) is 0 Å². The van der Waals surface area contributed by atoms with Crippen molar-refractivity contribution >= 4 is 21.8 Å². The van der Waals surface area contributed by atoms with Crippen molar-refractivity contribution in [1.29, 1.82) is 0 Å². The summed E-state index contributed by atoms with van der Waals surface area (Å²) in [6, 6.07) is 14.9. The van der Waals surface area contributed by atoms with Crippen LogP contribution in [0.1, 0.15) is 29.5 Å². The average Bonchev–Trinajstić information content (AvgIpc) is 2.78. The zero-order chi connectivity index (χ0) is 22.9. The molecule has 4 rings (SSSR count). The number of piperidine rings is 1. The quantitative estimate of drug-likeness (QED) is 0.649. The second-order valence-electron chi connectivity index (χ2n) is 8.62. The van der Waals surface area contributed by atoms with E-state index in [1.807, 2.05) is 56.3 Å². The third-order valence-corrected chi connectivity index (χ3v) is 8.43. The van der Waals surface area contributed by atoms with Crippen LogP contribution in [-0.2, 0) is 26.2 Å². The molecule has 7 nitrogen and oxygen atoms in total. The van der Waals surface area contributed by atoms with Gasteiger partial charge in [0.15, 0.2) is 0 Å². The molecule has 0 atom stereocenters. The van der Waals surface area contributed by atoms with Crippen molar-refractivity contribution in [2.24, 2.45) is 0 Å². The Balaban J connectivity index is 1.38. The predicted molar refractivity (Wildman–Crippen MR) is 121 cm³/mol. The Hall–Kier alpha value is -2.71. The first-order valence-electron chi connectivity index (χ1n) is 11.0. The third kappa shape index (κ3) is 4.42. The van der Waals surface area contributed by atoms with E-state index in [-0.39, 0.29) is 6.04 Å². The molecule has 0 aromatic heterocycles. The Bertz CT molecular complexity index is 1110. The number of hydrogen-bond donors (Lipinski definition) is 0. The van der Waals surface area contributed by atoms with Crippen molar-refractivity contribution in [1.82, 2.24) is 14.1 Å². The number of rotatable bonds is 5. The van der Waals surface area contributed by atoms with Gasteiger partial charge in [0.05, 0.1) is 4.90 Å². The predicted octanol–water partition coefficient (Wildman–Crippen LogP) is 2.33. The summed E-state index contributed by atoms with van der Waals surface area (Å²) in [4.78, 5) is 29.1. The molecule has 2 saturated heterocycles. The molecular formula is C24H29N3O4S. The van der Waals surface area contributed by atoms with E-state index in [0.29, 0.717) is 50.5 Å². The van der Waals surface area contributed by atoms with Gasteiger partial charge in [-0.25, -0.2) is 8.42 Å². The molecule has 0 bridgehead atoms. The van der Waals surface area contributed by atoms with E-state index in [0.717, 1.165) is 16.7 Å². The maximum atomic E-state index is 13.1. The van der Waals surface area contributed by atoms with Gasteiger partial charge >= 0.3 is 11.8 Å². The highest BCUT2D eigenvalue weighted by atomic mass is 32.2. The Kier molecular flexibility index (Phi) is 6.35. The lowest BCUT2D eigenvalue weighted by molar-refractivity contribution is -0.158. The summed E-state index contributed by atoms with van der Waals surface area (Å²) in [5.41, 5.74) is 2.75. The van der Waals surface area contributed by atoms with Crippen molar-refractivity contribution in [2.45, 2.75) is 44.2 Å². The van der Waals surface area contributed by atoms with Crippen molar-refractivity contribution in [2.75, 3.05) is 26.2 Å². The van der Waals surface area contributed by atoms with Crippen molar-refractivity contribution in [3.63, 3.8) is 0 Å². The molecule has 32 heavy (non-hydrogen) atoms. The number of amides is 2. The summed E-state index contributed by atoms with van der Waals surface area (Å²) in [6.07, 6.45) is 1.06. The number of carbonyl (C=O) groups excluding carboxylic acids is 2. The molecule has 2 fully saturated rings. The lowest BCUT2D eigenvalue weighted by atomic mass is 10.0. The summed E-state index contributed by atoms with van der Waals surface area (Å²) in [7, 11) is -3.58. The molecule has 0 spiro atoms. The van der Waals surface area contributed by atoms with Gasteiger partial charge in [-0.3, -0.25) is 9.59 Å². The molecule has 0 N–H and O–H groups in total.